The number of hydrogen-bond acceptors (Lipinski definition) is 3. The summed E-state index contributed by atoms with van der Waals surface area (Å²) in [6.07, 6.45) is 0. The molecule has 1 atom stereocenters. The predicted molar refractivity (Wildman–Crippen MR) is 65.1 cm³/mol. The quantitative estimate of drug-likeness (QED) is 0.760. The summed E-state index contributed by atoms with van der Waals surface area (Å²) >= 11 is 5.58. The highest BCUT2D eigenvalue weighted by atomic mass is 35.5. The van der Waals surface area contributed by atoms with Crippen molar-refractivity contribution < 1.29 is 19.1 Å². The molecule has 0 aromatic heterocycles. The van der Waals surface area contributed by atoms with E-state index in [1.165, 1.54) is 19.1 Å². The van der Waals surface area contributed by atoms with Crippen molar-refractivity contribution in [3.63, 3.8) is 0 Å². The summed E-state index contributed by atoms with van der Waals surface area (Å²) in [6, 6.07) is 2.85. The SMILES string of the molecule is CC(=O)NC(CNc1ccc(Cl)cc1F)C(=O)O. The molecule has 0 spiro atoms. The average molecular weight is 275 g/mol. The molecule has 1 aromatic rings. The number of carbonyl (C=O) groups excluding carboxylic acids is 1. The zero-order valence-electron chi connectivity index (χ0n) is 9.54. The van der Waals surface area contributed by atoms with Gasteiger partial charge in [0.1, 0.15) is 11.9 Å². The molecule has 0 bridgehead atoms. The maximum Gasteiger partial charge on any atom is 0.328 e. The van der Waals surface area contributed by atoms with Gasteiger partial charge in [-0.3, -0.25) is 4.79 Å². The third-order valence-corrected chi connectivity index (χ3v) is 2.34. The minimum atomic E-state index is -1.20. The van der Waals surface area contributed by atoms with E-state index in [4.69, 9.17) is 16.7 Å². The van der Waals surface area contributed by atoms with Gasteiger partial charge in [0.05, 0.1) is 5.69 Å². The van der Waals surface area contributed by atoms with Crippen molar-refractivity contribution in [2.24, 2.45) is 0 Å². The fourth-order valence-corrected chi connectivity index (χ4v) is 1.45. The van der Waals surface area contributed by atoms with E-state index >= 15 is 0 Å². The van der Waals surface area contributed by atoms with Crippen molar-refractivity contribution >= 4 is 29.2 Å². The largest absolute Gasteiger partial charge is 0.480 e. The second-order valence-corrected chi connectivity index (χ2v) is 4.03. The van der Waals surface area contributed by atoms with Gasteiger partial charge in [0.2, 0.25) is 5.91 Å². The van der Waals surface area contributed by atoms with Crippen LogP contribution in [0.3, 0.4) is 0 Å². The van der Waals surface area contributed by atoms with Gasteiger partial charge >= 0.3 is 5.97 Å². The van der Waals surface area contributed by atoms with E-state index in [1.807, 2.05) is 0 Å². The van der Waals surface area contributed by atoms with E-state index in [2.05, 4.69) is 10.6 Å². The van der Waals surface area contributed by atoms with Crippen molar-refractivity contribution in [1.29, 1.82) is 0 Å². The van der Waals surface area contributed by atoms with Gasteiger partial charge < -0.3 is 15.7 Å². The summed E-state index contributed by atoms with van der Waals surface area (Å²) in [6.45, 7) is 1.08. The summed E-state index contributed by atoms with van der Waals surface area (Å²) < 4.78 is 13.4. The minimum absolute atomic E-state index is 0.121. The van der Waals surface area contributed by atoms with Crippen molar-refractivity contribution in [3.8, 4) is 0 Å². The van der Waals surface area contributed by atoms with Gasteiger partial charge in [0, 0.05) is 18.5 Å². The van der Waals surface area contributed by atoms with E-state index < -0.39 is 23.7 Å². The number of carboxylic acids is 1. The monoisotopic (exact) mass is 274 g/mol. The highest BCUT2D eigenvalue weighted by molar-refractivity contribution is 6.30. The van der Waals surface area contributed by atoms with E-state index in [-0.39, 0.29) is 17.3 Å². The first-order chi connectivity index (χ1) is 8.40. The Bertz CT molecular complexity index is 468. The Hall–Kier alpha value is -1.82. The molecule has 7 heteroatoms. The summed E-state index contributed by atoms with van der Waals surface area (Å²) in [5.41, 5.74) is 0.121. The number of aliphatic carboxylic acids is 1. The topological polar surface area (TPSA) is 78.4 Å². The van der Waals surface area contributed by atoms with Crippen LogP contribution in [0.4, 0.5) is 10.1 Å². The lowest BCUT2D eigenvalue weighted by Crippen LogP contribution is -2.44. The number of halogens is 2. The smallest absolute Gasteiger partial charge is 0.328 e. The van der Waals surface area contributed by atoms with Crippen LogP contribution in [0.2, 0.25) is 5.02 Å². The summed E-state index contributed by atoms with van der Waals surface area (Å²) in [7, 11) is 0. The molecule has 0 fully saturated rings. The number of benzene rings is 1. The Morgan fingerprint density at radius 2 is 2.17 bits per heavy atom. The first-order valence-corrected chi connectivity index (χ1v) is 5.46. The van der Waals surface area contributed by atoms with E-state index in [0.717, 1.165) is 6.07 Å². The van der Waals surface area contributed by atoms with Gasteiger partial charge in [0.25, 0.3) is 0 Å². The van der Waals surface area contributed by atoms with Gasteiger partial charge in [-0.2, -0.15) is 0 Å². The number of hydrogen-bond donors (Lipinski definition) is 3. The van der Waals surface area contributed by atoms with Gasteiger partial charge in [-0.25, -0.2) is 9.18 Å². The van der Waals surface area contributed by atoms with Crippen molar-refractivity contribution in [2.75, 3.05) is 11.9 Å². The maximum atomic E-state index is 13.4. The fourth-order valence-electron chi connectivity index (χ4n) is 1.29. The average Bonchev–Trinajstić information content (AvgIpc) is 2.25. The molecule has 0 radical (unpaired) electrons. The molecular weight excluding hydrogens is 263 g/mol. The number of amides is 1. The molecule has 0 saturated heterocycles. The van der Waals surface area contributed by atoms with Crippen LogP contribution >= 0.6 is 11.6 Å². The van der Waals surface area contributed by atoms with Crippen LogP contribution in [0.1, 0.15) is 6.92 Å². The van der Waals surface area contributed by atoms with E-state index in [0.29, 0.717) is 0 Å². The Morgan fingerprint density at radius 3 is 2.67 bits per heavy atom. The molecule has 1 rings (SSSR count). The lowest BCUT2D eigenvalue weighted by Gasteiger charge is -2.15. The number of carboxylic acid groups (broad SMARTS) is 1. The molecule has 1 aromatic carbocycles. The second kappa shape index (κ2) is 6.20. The van der Waals surface area contributed by atoms with Crippen LogP contribution in [0.25, 0.3) is 0 Å². The molecule has 5 nitrogen and oxygen atoms in total. The number of nitrogens with one attached hydrogen (secondary N) is 2. The highest BCUT2D eigenvalue weighted by Crippen LogP contribution is 2.18. The van der Waals surface area contributed by atoms with Crippen LogP contribution in [0.15, 0.2) is 18.2 Å². The molecule has 0 aliphatic rings. The minimum Gasteiger partial charge on any atom is -0.480 e. The van der Waals surface area contributed by atoms with Crippen molar-refractivity contribution in [3.05, 3.63) is 29.0 Å². The van der Waals surface area contributed by atoms with Crippen LogP contribution in [0, 0.1) is 5.82 Å². The van der Waals surface area contributed by atoms with Crippen molar-refractivity contribution in [1.82, 2.24) is 5.32 Å². The van der Waals surface area contributed by atoms with Crippen LogP contribution in [-0.4, -0.2) is 29.6 Å². The number of carbonyl (C=O) groups is 2. The first kappa shape index (κ1) is 14.2. The number of rotatable bonds is 5. The zero-order valence-corrected chi connectivity index (χ0v) is 10.3. The molecule has 1 unspecified atom stereocenters. The lowest BCUT2D eigenvalue weighted by molar-refractivity contribution is -0.141. The highest BCUT2D eigenvalue weighted by Gasteiger charge is 2.18. The molecule has 3 N–H and O–H groups in total. The predicted octanol–water partition coefficient (Wildman–Crippen LogP) is 1.48. The van der Waals surface area contributed by atoms with E-state index in [9.17, 15) is 14.0 Å². The summed E-state index contributed by atoms with van der Waals surface area (Å²) in [5.74, 6) is -2.26. The normalized spacial score (nSPS) is 11.7. The zero-order chi connectivity index (χ0) is 13.7. The van der Waals surface area contributed by atoms with Crippen LogP contribution in [-0.2, 0) is 9.59 Å². The molecule has 0 saturated carbocycles. The van der Waals surface area contributed by atoms with Gasteiger partial charge in [0.15, 0.2) is 0 Å². The van der Waals surface area contributed by atoms with Gasteiger partial charge in [-0.05, 0) is 18.2 Å². The molecule has 0 heterocycles. The Labute approximate surface area is 108 Å². The third-order valence-electron chi connectivity index (χ3n) is 2.10. The molecule has 1 amide bonds. The standard InChI is InChI=1S/C11H12ClFN2O3/c1-6(16)15-10(11(17)18)5-14-9-3-2-7(12)4-8(9)13/h2-4,10,14H,5H2,1H3,(H,15,16)(H,17,18). The van der Waals surface area contributed by atoms with Crippen LogP contribution < -0.4 is 10.6 Å². The van der Waals surface area contributed by atoms with Gasteiger partial charge in [-0.1, -0.05) is 11.6 Å². The molecule has 0 aliphatic heterocycles. The fraction of sp³-hybridized carbons (Fsp3) is 0.273. The molecular formula is C11H12ClFN2O3. The number of anilines is 1. The van der Waals surface area contributed by atoms with Crippen molar-refractivity contribution in [2.45, 2.75) is 13.0 Å². The van der Waals surface area contributed by atoms with E-state index in [1.54, 1.807) is 0 Å². The maximum absolute atomic E-state index is 13.4. The summed E-state index contributed by atoms with van der Waals surface area (Å²) in [5, 5.41) is 13.9. The molecule has 98 valence electrons. The Kier molecular flexibility index (Phi) is 4.91. The third kappa shape index (κ3) is 4.21. The van der Waals surface area contributed by atoms with Crippen LogP contribution in [0.5, 0.6) is 0 Å². The first-order valence-electron chi connectivity index (χ1n) is 5.09. The Balaban J connectivity index is 2.66. The second-order valence-electron chi connectivity index (χ2n) is 3.60. The lowest BCUT2D eigenvalue weighted by atomic mass is 10.2. The molecule has 0 aliphatic carbocycles. The van der Waals surface area contributed by atoms with Gasteiger partial charge in [-0.15, -0.1) is 0 Å². The summed E-state index contributed by atoms with van der Waals surface area (Å²) in [4.78, 5) is 21.6. The Morgan fingerprint density at radius 1 is 1.50 bits per heavy atom. The molecule has 18 heavy (non-hydrogen) atoms.